The quantitative estimate of drug-likeness (QED) is 0.826. The van der Waals surface area contributed by atoms with E-state index in [0.29, 0.717) is 25.1 Å². The van der Waals surface area contributed by atoms with Crippen LogP contribution in [-0.4, -0.2) is 43.4 Å². The number of nitrogens with zero attached hydrogens (tertiary/aromatic N) is 1. The smallest absolute Gasteiger partial charge is 0.249 e. The highest BCUT2D eigenvalue weighted by molar-refractivity contribution is 7.89. The molecule has 116 valence electrons. The van der Waals surface area contributed by atoms with E-state index in [9.17, 15) is 13.2 Å². The molecule has 6 nitrogen and oxygen atoms in total. The Morgan fingerprint density at radius 2 is 2.19 bits per heavy atom. The first-order valence-electron chi connectivity index (χ1n) is 6.87. The first kappa shape index (κ1) is 15.9. The highest BCUT2D eigenvalue weighted by atomic mass is 32.2. The molecule has 1 atom stereocenters. The van der Waals surface area contributed by atoms with Crippen LogP contribution in [0.5, 0.6) is 0 Å². The minimum Gasteiger partial charge on any atom is -0.396 e. The average molecular weight is 312 g/mol. The summed E-state index contributed by atoms with van der Waals surface area (Å²) in [6, 6.07) is 4.43. The van der Waals surface area contributed by atoms with E-state index in [1.807, 2.05) is 0 Å². The largest absolute Gasteiger partial charge is 0.396 e. The van der Waals surface area contributed by atoms with Crippen LogP contribution >= 0.6 is 0 Å². The summed E-state index contributed by atoms with van der Waals surface area (Å²) >= 11 is 0. The lowest BCUT2D eigenvalue weighted by atomic mass is 10.1. The van der Waals surface area contributed by atoms with Crippen LogP contribution in [0.4, 0.5) is 0 Å². The minimum atomic E-state index is -3.62. The lowest BCUT2D eigenvalue weighted by Crippen LogP contribution is -2.29. The van der Waals surface area contributed by atoms with E-state index >= 15 is 0 Å². The molecule has 1 aromatic carbocycles. The van der Waals surface area contributed by atoms with Crippen molar-refractivity contribution in [1.82, 2.24) is 4.31 Å². The van der Waals surface area contributed by atoms with Crippen molar-refractivity contribution in [2.24, 2.45) is 11.7 Å². The van der Waals surface area contributed by atoms with Gasteiger partial charge in [0, 0.05) is 25.3 Å². The van der Waals surface area contributed by atoms with Gasteiger partial charge in [0.1, 0.15) is 0 Å². The van der Waals surface area contributed by atoms with Gasteiger partial charge in [-0.2, -0.15) is 4.31 Å². The Morgan fingerprint density at radius 1 is 1.48 bits per heavy atom. The molecule has 21 heavy (non-hydrogen) atoms. The summed E-state index contributed by atoms with van der Waals surface area (Å²) < 4.78 is 26.6. The molecule has 1 heterocycles. The second-order valence-electron chi connectivity index (χ2n) is 5.37. The fourth-order valence-corrected chi connectivity index (χ4v) is 4.17. The van der Waals surface area contributed by atoms with Gasteiger partial charge in [-0.1, -0.05) is 6.07 Å². The monoisotopic (exact) mass is 312 g/mol. The van der Waals surface area contributed by atoms with Crippen molar-refractivity contribution in [3.63, 3.8) is 0 Å². The predicted octanol–water partition coefficient (Wildman–Crippen LogP) is 0.487. The zero-order chi connectivity index (χ0) is 15.6. The average Bonchev–Trinajstić information content (AvgIpc) is 2.88. The van der Waals surface area contributed by atoms with Gasteiger partial charge in [0.2, 0.25) is 15.9 Å². The number of hydrogen-bond acceptors (Lipinski definition) is 4. The lowest BCUT2D eigenvalue weighted by Gasteiger charge is -2.17. The normalized spacial score (nSPS) is 19.8. The number of carbonyl (C=O) groups is 1. The zero-order valence-corrected chi connectivity index (χ0v) is 12.8. The molecule has 1 unspecified atom stereocenters. The Labute approximate surface area is 124 Å². The first-order valence-corrected chi connectivity index (χ1v) is 8.31. The van der Waals surface area contributed by atoms with Gasteiger partial charge in [0.25, 0.3) is 0 Å². The van der Waals surface area contributed by atoms with Gasteiger partial charge in [-0.15, -0.1) is 0 Å². The maximum absolute atomic E-state index is 12.6. The van der Waals surface area contributed by atoms with Crippen molar-refractivity contribution in [3.05, 3.63) is 29.3 Å². The summed E-state index contributed by atoms with van der Waals surface area (Å²) in [5.74, 6) is -0.449. The minimum absolute atomic E-state index is 0.0644. The number of carbonyl (C=O) groups excluding carboxylic acids is 1. The summed E-state index contributed by atoms with van der Waals surface area (Å²) in [6.45, 7) is 2.62. The van der Waals surface area contributed by atoms with Crippen molar-refractivity contribution in [2.45, 2.75) is 24.7 Å². The summed E-state index contributed by atoms with van der Waals surface area (Å²) in [4.78, 5) is 11.4. The summed E-state index contributed by atoms with van der Waals surface area (Å²) in [7, 11) is -3.62. The Hall–Kier alpha value is -1.44. The molecule has 1 amide bonds. The zero-order valence-electron chi connectivity index (χ0n) is 11.9. The van der Waals surface area contributed by atoms with E-state index in [-0.39, 0.29) is 23.0 Å². The molecule has 1 aromatic rings. The van der Waals surface area contributed by atoms with Crippen LogP contribution in [0.15, 0.2) is 23.1 Å². The van der Waals surface area contributed by atoms with Crippen molar-refractivity contribution >= 4 is 15.9 Å². The van der Waals surface area contributed by atoms with E-state index in [0.717, 1.165) is 6.42 Å². The number of rotatable bonds is 5. The molecule has 0 aromatic heterocycles. The fourth-order valence-electron chi connectivity index (χ4n) is 2.61. The van der Waals surface area contributed by atoms with Gasteiger partial charge in [-0.3, -0.25) is 4.79 Å². The fraction of sp³-hybridized carbons (Fsp3) is 0.500. The van der Waals surface area contributed by atoms with Gasteiger partial charge in [0.05, 0.1) is 4.90 Å². The van der Waals surface area contributed by atoms with E-state index in [2.05, 4.69) is 0 Å². The number of aliphatic hydroxyl groups excluding tert-OH is 1. The number of amides is 1. The molecule has 0 bridgehead atoms. The van der Waals surface area contributed by atoms with E-state index < -0.39 is 15.9 Å². The topological polar surface area (TPSA) is 101 Å². The molecule has 7 heteroatoms. The molecule has 1 saturated heterocycles. The molecular formula is C14H20N2O4S. The SMILES string of the molecule is Cc1ccc(S(=O)(=O)N2CCC(CCO)C2)cc1C(N)=O. The third kappa shape index (κ3) is 3.25. The van der Waals surface area contributed by atoms with Crippen molar-refractivity contribution in [3.8, 4) is 0 Å². The Bertz CT molecular complexity index is 642. The molecule has 1 aliphatic rings. The third-order valence-electron chi connectivity index (χ3n) is 3.90. The molecule has 0 radical (unpaired) electrons. The highest BCUT2D eigenvalue weighted by Gasteiger charge is 2.32. The third-order valence-corrected chi connectivity index (χ3v) is 5.76. The van der Waals surface area contributed by atoms with Crippen molar-refractivity contribution in [1.29, 1.82) is 0 Å². The summed E-state index contributed by atoms with van der Waals surface area (Å²) in [5, 5.41) is 8.94. The van der Waals surface area contributed by atoms with Crippen LogP contribution in [-0.2, 0) is 10.0 Å². The lowest BCUT2D eigenvalue weighted by molar-refractivity contribution is 0.0999. The highest BCUT2D eigenvalue weighted by Crippen LogP contribution is 2.27. The van der Waals surface area contributed by atoms with Crippen LogP contribution in [0.3, 0.4) is 0 Å². The number of benzene rings is 1. The molecule has 0 spiro atoms. The van der Waals surface area contributed by atoms with Crippen LogP contribution < -0.4 is 5.73 Å². The molecule has 0 saturated carbocycles. The summed E-state index contributed by atoms with van der Waals surface area (Å²) in [6.07, 6.45) is 1.35. The van der Waals surface area contributed by atoms with Gasteiger partial charge in [0.15, 0.2) is 0 Å². The van der Waals surface area contributed by atoms with Gasteiger partial charge < -0.3 is 10.8 Å². The Balaban J connectivity index is 2.28. The van der Waals surface area contributed by atoms with E-state index in [1.54, 1.807) is 13.0 Å². The predicted molar refractivity (Wildman–Crippen MR) is 78.3 cm³/mol. The van der Waals surface area contributed by atoms with Crippen LogP contribution in [0.25, 0.3) is 0 Å². The molecule has 0 aliphatic carbocycles. The molecule has 1 fully saturated rings. The van der Waals surface area contributed by atoms with E-state index in [1.165, 1.54) is 16.4 Å². The molecule has 1 aliphatic heterocycles. The Morgan fingerprint density at radius 3 is 2.81 bits per heavy atom. The molecule has 3 N–H and O–H groups in total. The maximum atomic E-state index is 12.6. The van der Waals surface area contributed by atoms with Gasteiger partial charge >= 0.3 is 0 Å². The number of hydrogen-bond donors (Lipinski definition) is 2. The second kappa shape index (κ2) is 6.13. The summed E-state index contributed by atoms with van der Waals surface area (Å²) in [5.41, 5.74) is 6.14. The van der Waals surface area contributed by atoms with Crippen LogP contribution in [0.1, 0.15) is 28.8 Å². The Kier molecular flexibility index (Phi) is 4.65. The molecular weight excluding hydrogens is 292 g/mol. The maximum Gasteiger partial charge on any atom is 0.249 e. The number of nitrogens with two attached hydrogens (primary N) is 1. The number of aliphatic hydroxyl groups is 1. The molecule has 2 rings (SSSR count). The number of sulfonamides is 1. The second-order valence-corrected chi connectivity index (χ2v) is 7.31. The van der Waals surface area contributed by atoms with E-state index in [4.69, 9.17) is 10.8 Å². The van der Waals surface area contributed by atoms with Crippen molar-refractivity contribution < 1.29 is 18.3 Å². The van der Waals surface area contributed by atoms with Gasteiger partial charge in [-0.05, 0) is 43.4 Å². The van der Waals surface area contributed by atoms with Gasteiger partial charge in [-0.25, -0.2) is 8.42 Å². The van der Waals surface area contributed by atoms with Crippen LogP contribution in [0, 0.1) is 12.8 Å². The van der Waals surface area contributed by atoms with Crippen LogP contribution in [0.2, 0.25) is 0 Å². The first-order chi connectivity index (χ1) is 9.86. The van der Waals surface area contributed by atoms with Crippen molar-refractivity contribution in [2.75, 3.05) is 19.7 Å². The number of primary amides is 1. The standard InChI is InChI=1S/C14H20N2O4S/c1-10-2-3-12(8-13(10)14(15)18)21(19,20)16-6-4-11(9-16)5-7-17/h2-3,8,11,17H,4-7,9H2,1H3,(H2,15,18). The number of aryl methyl sites for hydroxylation is 1.